The van der Waals surface area contributed by atoms with E-state index in [9.17, 15) is 24.6 Å². The van der Waals surface area contributed by atoms with Gasteiger partial charge >= 0.3 is 0 Å². The lowest BCUT2D eigenvalue weighted by molar-refractivity contribution is -0.142. The maximum absolute atomic E-state index is 14.0. The minimum atomic E-state index is -0.863. The number of nitrogens with two attached hydrogens (primary N) is 1. The number of hydrogen-bond acceptors (Lipinski definition) is 17. The van der Waals surface area contributed by atoms with Gasteiger partial charge in [-0.15, -0.1) is 16.4 Å². The highest BCUT2D eigenvalue weighted by molar-refractivity contribution is 7.99. The molecule has 4 aliphatic rings. The molecule has 0 unspecified atom stereocenters. The number of hydrogen-bond donors (Lipinski definition) is 4. The van der Waals surface area contributed by atoms with Crippen LogP contribution in [-0.4, -0.2) is 142 Å². The molecule has 4 saturated heterocycles. The van der Waals surface area contributed by atoms with Crippen molar-refractivity contribution in [2.24, 2.45) is 17.6 Å². The van der Waals surface area contributed by atoms with Gasteiger partial charge in [-0.05, 0) is 70.1 Å². The number of carbonyl (C=O) groups excluding carboxylic acids is 3. The molecule has 1 aromatic carbocycles. The zero-order chi connectivity index (χ0) is 51.6. The number of aliphatic hydroxyl groups excluding tert-OH is 2. The Morgan fingerprint density at radius 2 is 1.74 bits per heavy atom. The average molecular weight is 1060 g/mol. The Balaban J connectivity index is 0.796. The summed E-state index contributed by atoms with van der Waals surface area (Å²) in [6.07, 6.45) is 8.57. The quantitative estimate of drug-likeness (QED) is 0.100. The molecule has 73 heavy (non-hydrogen) atoms. The van der Waals surface area contributed by atoms with E-state index in [4.69, 9.17) is 32.0 Å². The number of ether oxygens (including phenoxy) is 1. The number of carbonyl (C=O) groups is 3. The highest BCUT2D eigenvalue weighted by Crippen LogP contribution is 2.40. The lowest BCUT2D eigenvalue weighted by Gasteiger charge is -2.38. The summed E-state index contributed by atoms with van der Waals surface area (Å²) in [5, 5.41) is 33.4. The molecule has 19 nitrogen and oxygen atoms in total. The van der Waals surface area contributed by atoms with E-state index in [1.165, 1.54) is 16.7 Å². The Labute approximate surface area is 439 Å². The standard InChI is InChI=1S/C51H66ClN13O6S2/c1-30(2)44(65-26-31(3)59-60-65)50(70)64-27-36(67)23-39(64)48(68)56-24-35-7-6-34(45-32(4)57-29-72-45)22-40(35)71-37-11-18-63(19-12-37)49(69)33-9-16-61(17-10-33)47-43(52)41(8-15-54-47)73-42-25-55-46(38(28-66)58-42)62-20-13-51(5,53)14-21-62/h6-8,15,22,25-26,29-30,33,36-37,39,44,66-67H,9-14,16-21,23-24,27-28,53H2,1-5H3,(H,56,68)/t36-,39+,44+/m1/s1. The van der Waals surface area contributed by atoms with E-state index in [0.29, 0.717) is 90.7 Å². The predicted octanol–water partition coefficient (Wildman–Crippen LogP) is 5.58. The zero-order valence-corrected chi connectivity index (χ0v) is 44.5. The number of amides is 3. The van der Waals surface area contributed by atoms with Crippen LogP contribution in [0.3, 0.4) is 0 Å². The third-order valence-corrected chi connectivity index (χ3v) is 17.0. The van der Waals surface area contributed by atoms with Gasteiger partial charge in [-0.1, -0.05) is 54.6 Å². The third kappa shape index (κ3) is 11.9. The van der Waals surface area contributed by atoms with Crippen LogP contribution in [0.25, 0.3) is 10.4 Å². The van der Waals surface area contributed by atoms with Crippen LogP contribution in [0.5, 0.6) is 5.75 Å². The summed E-state index contributed by atoms with van der Waals surface area (Å²) < 4.78 is 8.31. The minimum Gasteiger partial charge on any atom is -0.490 e. The van der Waals surface area contributed by atoms with Gasteiger partial charge in [0, 0.05) is 106 Å². The van der Waals surface area contributed by atoms with Crippen molar-refractivity contribution in [1.82, 2.24) is 50.0 Å². The van der Waals surface area contributed by atoms with Gasteiger partial charge < -0.3 is 45.6 Å². The van der Waals surface area contributed by atoms with Crippen LogP contribution in [0.2, 0.25) is 5.02 Å². The first-order valence-corrected chi connectivity index (χ1v) is 27.3. The second kappa shape index (κ2) is 22.6. The van der Waals surface area contributed by atoms with E-state index in [-0.39, 0.29) is 67.3 Å². The number of rotatable bonds is 15. The van der Waals surface area contributed by atoms with Crippen LogP contribution < -0.4 is 25.6 Å². The number of likely N-dealkylation sites (tertiary alicyclic amines) is 2. The monoisotopic (exact) mass is 1060 g/mol. The maximum atomic E-state index is 14.0. The van der Waals surface area contributed by atoms with Gasteiger partial charge in [-0.2, -0.15) is 0 Å². The van der Waals surface area contributed by atoms with E-state index in [1.54, 1.807) is 41.5 Å². The number of anilines is 2. The smallest absolute Gasteiger partial charge is 0.248 e. The molecule has 0 spiro atoms. The summed E-state index contributed by atoms with van der Waals surface area (Å²) >= 11 is 9.95. The second-order valence-corrected chi connectivity index (χ2v) is 22.8. The van der Waals surface area contributed by atoms with Gasteiger partial charge in [0.25, 0.3) is 0 Å². The molecule has 0 radical (unpaired) electrons. The third-order valence-electron chi connectivity index (χ3n) is 14.6. The van der Waals surface area contributed by atoms with E-state index in [1.807, 2.05) is 55.4 Å². The molecule has 4 aromatic heterocycles. The molecule has 5 aromatic rings. The Bertz CT molecular complexity index is 2770. The highest BCUT2D eigenvalue weighted by Gasteiger charge is 2.43. The first-order valence-electron chi connectivity index (χ1n) is 25.3. The van der Waals surface area contributed by atoms with E-state index >= 15 is 0 Å². The maximum Gasteiger partial charge on any atom is 0.248 e. The summed E-state index contributed by atoms with van der Waals surface area (Å²) in [7, 11) is 0. The summed E-state index contributed by atoms with van der Waals surface area (Å²) in [5.41, 5.74) is 11.8. The molecule has 9 rings (SSSR count). The molecule has 0 aliphatic carbocycles. The Kier molecular flexibility index (Phi) is 16.2. The molecule has 3 atom stereocenters. The number of aryl methyl sites for hydroxylation is 2. The van der Waals surface area contributed by atoms with Crippen molar-refractivity contribution in [3.05, 3.63) is 76.0 Å². The number of thiazole rings is 1. The summed E-state index contributed by atoms with van der Waals surface area (Å²) in [5.74, 6) is 1.21. The lowest BCUT2D eigenvalue weighted by Crippen LogP contribution is -2.49. The van der Waals surface area contributed by atoms with E-state index in [0.717, 1.165) is 52.5 Å². The highest BCUT2D eigenvalue weighted by atomic mass is 35.5. The van der Waals surface area contributed by atoms with Crippen LogP contribution in [0.1, 0.15) is 94.4 Å². The second-order valence-electron chi connectivity index (χ2n) is 20.5. The Morgan fingerprint density at radius 3 is 2.41 bits per heavy atom. The average Bonchev–Trinajstić information content (AvgIpc) is 4.13. The van der Waals surface area contributed by atoms with Crippen LogP contribution in [0.4, 0.5) is 11.6 Å². The number of nitrogens with zero attached hydrogens (tertiary/aromatic N) is 11. The molecule has 390 valence electrons. The molecule has 4 fully saturated rings. The van der Waals surface area contributed by atoms with E-state index in [2.05, 4.69) is 42.3 Å². The van der Waals surface area contributed by atoms with Crippen molar-refractivity contribution in [1.29, 1.82) is 0 Å². The molecule has 3 amide bonds. The van der Waals surface area contributed by atoms with Gasteiger partial charge in [-0.25, -0.2) is 24.6 Å². The number of nitrogens with one attached hydrogen (secondary N) is 1. The van der Waals surface area contributed by atoms with Gasteiger partial charge in [0.15, 0.2) is 5.82 Å². The SMILES string of the molecule is Cc1cn([C@H](C(=O)N2C[C@H](O)C[C@H]2C(=O)NCc2ccc(-c3scnc3C)cc2OC2CCN(C(=O)C3CCN(c4nccc(Sc5cnc(N6CCC(C)(N)CC6)c(CO)n5)c4Cl)CC3)CC2)C(C)C)nn1. The largest absolute Gasteiger partial charge is 0.490 e. The first kappa shape index (κ1) is 52.4. The number of piperidine rings is 3. The van der Waals surface area contributed by atoms with Crippen LogP contribution in [0.15, 0.2) is 58.3 Å². The van der Waals surface area contributed by atoms with Crippen molar-refractivity contribution < 1.29 is 29.3 Å². The van der Waals surface area contributed by atoms with Gasteiger partial charge in [-0.3, -0.25) is 14.4 Å². The Hall–Kier alpha value is -5.45. The molecule has 22 heteroatoms. The molecule has 8 heterocycles. The molecule has 5 N–H and O–H groups in total. The fraction of sp³-hybridized carbons (Fsp3) is 0.549. The molecule has 0 saturated carbocycles. The fourth-order valence-electron chi connectivity index (χ4n) is 10.4. The summed E-state index contributed by atoms with van der Waals surface area (Å²) in [6, 6.07) is 6.26. The van der Waals surface area contributed by atoms with Crippen molar-refractivity contribution in [3.63, 3.8) is 0 Å². The molecule has 0 bridgehead atoms. The summed E-state index contributed by atoms with van der Waals surface area (Å²) in [4.78, 5) is 70.1. The van der Waals surface area contributed by atoms with E-state index < -0.39 is 18.2 Å². The van der Waals surface area contributed by atoms with Crippen LogP contribution in [0, 0.1) is 25.7 Å². The van der Waals surface area contributed by atoms with Crippen LogP contribution in [-0.2, 0) is 27.5 Å². The number of β-amino-alcohol motifs (C(OH)–C–C–N with tert-alkyl or cyclic N) is 1. The van der Waals surface area contributed by atoms with Crippen molar-refractivity contribution >= 4 is 64.1 Å². The van der Waals surface area contributed by atoms with Gasteiger partial charge in [0.05, 0.1) is 45.7 Å². The number of aromatic nitrogens is 7. The van der Waals surface area contributed by atoms with Gasteiger partial charge in [0.1, 0.15) is 40.5 Å². The topological polar surface area (TPSA) is 234 Å². The minimum absolute atomic E-state index is 0.0447. The number of aliphatic hydroxyl groups is 2. The molecular formula is C51H66ClN13O6S2. The predicted molar refractivity (Wildman–Crippen MR) is 279 cm³/mol. The lowest BCUT2D eigenvalue weighted by atomic mass is 9.91. The van der Waals surface area contributed by atoms with Gasteiger partial charge in [0.2, 0.25) is 17.7 Å². The normalized spacial score (nSPS) is 20.2. The Morgan fingerprint density at radius 1 is 1.00 bits per heavy atom. The molecule has 4 aliphatic heterocycles. The summed E-state index contributed by atoms with van der Waals surface area (Å²) in [6.45, 7) is 13.5. The first-order chi connectivity index (χ1) is 35.0. The van der Waals surface area contributed by atoms with Crippen molar-refractivity contribution in [2.45, 2.75) is 132 Å². The number of halogens is 1. The molecular weight excluding hydrogens is 990 g/mol. The number of pyridine rings is 1. The zero-order valence-electron chi connectivity index (χ0n) is 42.1. The van der Waals surface area contributed by atoms with Crippen molar-refractivity contribution in [3.8, 4) is 16.2 Å². The fourth-order valence-corrected chi connectivity index (χ4v) is 12.3. The van der Waals surface area contributed by atoms with Crippen LogP contribution >= 0.6 is 34.7 Å². The number of benzene rings is 1. The van der Waals surface area contributed by atoms with Crippen molar-refractivity contribution in [2.75, 3.05) is 55.6 Å².